The lowest BCUT2D eigenvalue weighted by Crippen LogP contribution is -2.57. The van der Waals surface area contributed by atoms with Gasteiger partial charge in [0.25, 0.3) is 0 Å². The standard InChI is InChI=1S/C28H41FN6O5/c29-17-23(36)21(13-7-15-32-27(30)31)33-25(37)22-14-8-16-35(22)26(38)24(20-11-5-2-6-12-20)34-28(39)40-18-19-9-3-1-4-10-19/h1,3-4,9-10,20-22,24H,2,5-8,11-18H2,(H,33,37)(H,34,39)(H4,30,31,32)/t21-,22-,24-/m0/s1. The van der Waals surface area contributed by atoms with Gasteiger partial charge >= 0.3 is 6.09 Å². The van der Waals surface area contributed by atoms with E-state index in [0.717, 1.165) is 37.7 Å². The van der Waals surface area contributed by atoms with Gasteiger partial charge in [0.15, 0.2) is 11.7 Å². The van der Waals surface area contributed by atoms with E-state index < -0.39 is 42.6 Å². The number of nitrogens with zero attached hydrogens (tertiary/aromatic N) is 1. The number of halogens is 1. The van der Waals surface area contributed by atoms with Crippen LogP contribution in [0.15, 0.2) is 30.3 Å². The number of nitrogens with one attached hydrogen (secondary N) is 4. The minimum Gasteiger partial charge on any atom is -0.445 e. The SMILES string of the molecule is N=C(N)NCCC[C@H](NC(=O)[C@@H]1CCCN1C(=O)[C@@H](NC(=O)OCc1ccccc1)C1CCCCC1)C(=O)CF. The topological polar surface area (TPSA) is 167 Å². The van der Waals surface area contributed by atoms with Crippen LogP contribution in [0.25, 0.3) is 0 Å². The highest BCUT2D eigenvalue weighted by atomic mass is 19.1. The molecular weight excluding hydrogens is 519 g/mol. The van der Waals surface area contributed by atoms with E-state index in [1.54, 1.807) is 0 Å². The maximum atomic E-state index is 13.8. The van der Waals surface area contributed by atoms with Crippen LogP contribution in [0.3, 0.4) is 0 Å². The van der Waals surface area contributed by atoms with Gasteiger partial charge in [-0.2, -0.15) is 0 Å². The molecule has 2 aliphatic rings. The number of carbonyl (C=O) groups is 4. The van der Waals surface area contributed by atoms with Crippen LogP contribution in [-0.4, -0.2) is 72.4 Å². The van der Waals surface area contributed by atoms with Gasteiger partial charge < -0.3 is 31.3 Å². The molecule has 0 radical (unpaired) electrons. The van der Waals surface area contributed by atoms with E-state index in [2.05, 4.69) is 16.0 Å². The van der Waals surface area contributed by atoms with Gasteiger partial charge in [-0.05, 0) is 50.0 Å². The van der Waals surface area contributed by atoms with E-state index in [0.29, 0.717) is 32.4 Å². The summed E-state index contributed by atoms with van der Waals surface area (Å²) in [6, 6.07) is 6.52. The molecule has 220 valence electrons. The lowest BCUT2D eigenvalue weighted by atomic mass is 9.83. The minimum atomic E-state index is -1.23. The number of ether oxygens (including phenoxy) is 1. The van der Waals surface area contributed by atoms with Crippen LogP contribution in [0.2, 0.25) is 0 Å². The van der Waals surface area contributed by atoms with Crippen molar-refractivity contribution in [3.63, 3.8) is 0 Å². The van der Waals surface area contributed by atoms with Crippen molar-refractivity contribution in [1.29, 1.82) is 5.41 Å². The van der Waals surface area contributed by atoms with E-state index in [4.69, 9.17) is 15.9 Å². The van der Waals surface area contributed by atoms with E-state index >= 15 is 0 Å². The molecule has 12 heteroatoms. The first-order valence-electron chi connectivity index (χ1n) is 14.0. The highest BCUT2D eigenvalue weighted by molar-refractivity contribution is 5.95. The van der Waals surface area contributed by atoms with Crippen molar-refractivity contribution in [3.8, 4) is 0 Å². The van der Waals surface area contributed by atoms with E-state index in [-0.39, 0.29) is 30.8 Å². The monoisotopic (exact) mass is 560 g/mol. The van der Waals surface area contributed by atoms with Gasteiger partial charge in [-0.1, -0.05) is 49.6 Å². The molecule has 3 rings (SSSR count). The molecule has 3 atom stereocenters. The molecule has 2 fully saturated rings. The summed E-state index contributed by atoms with van der Waals surface area (Å²) in [6.07, 6.45) is 5.35. The van der Waals surface area contributed by atoms with Crippen molar-refractivity contribution < 1.29 is 28.3 Å². The number of benzene rings is 1. The highest BCUT2D eigenvalue weighted by Crippen LogP contribution is 2.29. The first-order chi connectivity index (χ1) is 19.3. The van der Waals surface area contributed by atoms with Crippen molar-refractivity contribution in [3.05, 3.63) is 35.9 Å². The lowest BCUT2D eigenvalue weighted by molar-refractivity contribution is -0.142. The average Bonchev–Trinajstić information content (AvgIpc) is 3.47. The minimum absolute atomic E-state index is 0.0684. The smallest absolute Gasteiger partial charge is 0.408 e. The number of alkyl halides is 1. The van der Waals surface area contributed by atoms with Crippen molar-refractivity contribution >= 4 is 29.7 Å². The summed E-state index contributed by atoms with van der Waals surface area (Å²) in [7, 11) is 0. The van der Waals surface area contributed by atoms with Crippen LogP contribution in [0.4, 0.5) is 9.18 Å². The first-order valence-corrected chi connectivity index (χ1v) is 14.0. The summed E-state index contributed by atoms with van der Waals surface area (Å²) in [4.78, 5) is 53.5. The van der Waals surface area contributed by atoms with Gasteiger partial charge in [-0.25, -0.2) is 9.18 Å². The van der Waals surface area contributed by atoms with Crippen LogP contribution < -0.4 is 21.7 Å². The number of alkyl carbamates (subject to hydrolysis) is 1. The van der Waals surface area contributed by atoms with Crippen molar-refractivity contribution in [2.24, 2.45) is 11.7 Å². The number of Topliss-reactive ketones (excluding diaryl/α,β-unsaturated/α-hetero) is 1. The molecule has 1 aliphatic carbocycles. The number of ketones is 1. The van der Waals surface area contributed by atoms with Gasteiger partial charge in [0.2, 0.25) is 11.8 Å². The number of nitrogens with two attached hydrogens (primary N) is 1. The number of guanidine groups is 1. The Morgan fingerprint density at radius 3 is 2.45 bits per heavy atom. The molecule has 0 unspecified atom stereocenters. The second-order valence-electron chi connectivity index (χ2n) is 10.4. The van der Waals surface area contributed by atoms with Crippen LogP contribution >= 0.6 is 0 Å². The molecule has 1 aromatic rings. The summed E-state index contributed by atoms with van der Waals surface area (Å²) in [5, 5.41) is 15.2. The molecular formula is C28H41FN6O5. The highest BCUT2D eigenvalue weighted by Gasteiger charge is 2.41. The van der Waals surface area contributed by atoms with Gasteiger partial charge in [-0.15, -0.1) is 0 Å². The molecule has 1 aliphatic heterocycles. The Morgan fingerprint density at radius 2 is 1.77 bits per heavy atom. The Kier molecular flexibility index (Phi) is 12.2. The quantitative estimate of drug-likeness (QED) is 0.140. The zero-order valence-electron chi connectivity index (χ0n) is 22.8. The molecule has 1 aromatic carbocycles. The maximum absolute atomic E-state index is 13.8. The lowest BCUT2D eigenvalue weighted by Gasteiger charge is -2.34. The Labute approximate surface area is 234 Å². The Bertz CT molecular complexity index is 1020. The van der Waals surface area contributed by atoms with Gasteiger partial charge in [-0.3, -0.25) is 19.8 Å². The van der Waals surface area contributed by atoms with Crippen LogP contribution in [0.1, 0.15) is 63.4 Å². The summed E-state index contributed by atoms with van der Waals surface area (Å²) >= 11 is 0. The normalized spacial score (nSPS) is 18.8. The summed E-state index contributed by atoms with van der Waals surface area (Å²) in [5.41, 5.74) is 6.08. The Hall–Kier alpha value is -3.70. The number of likely N-dealkylation sites (tertiary alicyclic amines) is 1. The summed E-state index contributed by atoms with van der Waals surface area (Å²) < 4.78 is 18.6. The maximum Gasteiger partial charge on any atom is 0.408 e. The van der Waals surface area contributed by atoms with E-state index in [1.165, 1.54) is 4.90 Å². The van der Waals surface area contributed by atoms with Crippen LogP contribution in [0.5, 0.6) is 0 Å². The fourth-order valence-electron chi connectivity index (χ4n) is 5.43. The number of hydrogen-bond donors (Lipinski definition) is 5. The second kappa shape index (κ2) is 15.8. The second-order valence-corrected chi connectivity index (χ2v) is 10.4. The largest absolute Gasteiger partial charge is 0.445 e. The third-order valence-electron chi connectivity index (χ3n) is 7.53. The van der Waals surface area contributed by atoms with Crippen LogP contribution in [0, 0.1) is 11.3 Å². The molecule has 0 aromatic heterocycles. The molecule has 0 bridgehead atoms. The summed E-state index contributed by atoms with van der Waals surface area (Å²) in [6.45, 7) is -0.522. The number of hydrogen-bond acceptors (Lipinski definition) is 6. The molecule has 40 heavy (non-hydrogen) atoms. The fourth-order valence-corrected chi connectivity index (χ4v) is 5.43. The van der Waals surface area contributed by atoms with Crippen molar-refractivity contribution in [2.75, 3.05) is 19.8 Å². The van der Waals surface area contributed by atoms with Crippen molar-refractivity contribution in [1.82, 2.24) is 20.9 Å². The molecule has 3 amide bonds. The molecule has 1 saturated carbocycles. The van der Waals surface area contributed by atoms with E-state index in [1.807, 2.05) is 30.3 Å². The van der Waals surface area contributed by atoms with Gasteiger partial charge in [0.05, 0.1) is 6.04 Å². The number of carbonyl (C=O) groups excluding carboxylic acids is 4. The average molecular weight is 561 g/mol. The van der Waals surface area contributed by atoms with Gasteiger partial charge in [0.1, 0.15) is 25.4 Å². The molecule has 1 saturated heterocycles. The first kappa shape index (κ1) is 30.8. The predicted octanol–water partition coefficient (Wildman–Crippen LogP) is 2.14. The molecule has 11 nitrogen and oxygen atoms in total. The van der Waals surface area contributed by atoms with Gasteiger partial charge in [0, 0.05) is 13.1 Å². The number of amides is 3. The Balaban J connectivity index is 1.66. The molecule has 6 N–H and O–H groups in total. The predicted molar refractivity (Wildman–Crippen MR) is 147 cm³/mol. The zero-order valence-corrected chi connectivity index (χ0v) is 22.8. The third-order valence-corrected chi connectivity index (χ3v) is 7.53. The Morgan fingerprint density at radius 1 is 1.05 bits per heavy atom. The van der Waals surface area contributed by atoms with Crippen molar-refractivity contribution in [2.45, 2.75) is 82.5 Å². The summed E-state index contributed by atoms with van der Waals surface area (Å²) in [5.74, 6) is -1.92. The molecule has 0 spiro atoms. The third kappa shape index (κ3) is 9.20. The van der Waals surface area contributed by atoms with E-state index in [9.17, 15) is 23.6 Å². The number of rotatable bonds is 13. The fraction of sp³-hybridized carbons (Fsp3) is 0.607. The molecule has 1 heterocycles. The van der Waals surface area contributed by atoms with Crippen LogP contribution in [-0.2, 0) is 25.7 Å². The zero-order chi connectivity index (χ0) is 28.9.